The van der Waals surface area contributed by atoms with E-state index >= 15 is 0 Å². The number of benzene rings is 2. The van der Waals surface area contributed by atoms with Crippen molar-refractivity contribution in [2.24, 2.45) is 0 Å². The first-order valence-corrected chi connectivity index (χ1v) is 10.2. The molecule has 2 N–H and O–H groups in total. The molecule has 1 heterocycles. The number of aryl methyl sites for hydroxylation is 3. The number of hydrogen-bond donors (Lipinski definition) is 2. The predicted octanol–water partition coefficient (Wildman–Crippen LogP) is 5.20. The fourth-order valence-corrected chi connectivity index (χ4v) is 3.10. The van der Waals surface area contributed by atoms with Gasteiger partial charge in [-0.2, -0.15) is 0 Å². The zero-order valence-corrected chi connectivity index (χ0v) is 17.7. The Hall–Kier alpha value is -3.41. The number of nitrogens with one attached hydrogen (secondary N) is 2. The monoisotopic (exact) mass is 404 g/mol. The molecule has 0 bridgehead atoms. The van der Waals surface area contributed by atoms with E-state index in [2.05, 4.69) is 27.5 Å². The topological polar surface area (TPSA) is 76.1 Å². The van der Waals surface area contributed by atoms with Crippen LogP contribution >= 0.6 is 0 Å². The number of carbonyl (C=O) groups excluding carboxylic acids is 1. The second-order valence-corrected chi connectivity index (χ2v) is 7.16. The van der Waals surface area contributed by atoms with Gasteiger partial charge in [-0.05, 0) is 56.0 Å². The summed E-state index contributed by atoms with van der Waals surface area (Å²) in [5, 5.41) is 6.30. The maximum absolute atomic E-state index is 12.5. The van der Waals surface area contributed by atoms with Crippen molar-refractivity contribution < 1.29 is 9.53 Å². The number of carbonyl (C=O) groups is 1. The average molecular weight is 405 g/mol. The molecule has 1 aromatic heterocycles. The zero-order valence-electron chi connectivity index (χ0n) is 17.7. The number of para-hydroxylation sites is 1. The number of hydrogen-bond acceptors (Lipinski definition) is 5. The molecule has 3 aromatic rings. The zero-order chi connectivity index (χ0) is 21.3. The third-order valence-electron chi connectivity index (χ3n) is 4.74. The van der Waals surface area contributed by atoms with Crippen LogP contribution in [-0.4, -0.2) is 22.5 Å². The summed E-state index contributed by atoms with van der Waals surface area (Å²) in [5.74, 6) is 1.57. The van der Waals surface area contributed by atoms with Gasteiger partial charge in [0.15, 0.2) is 0 Å². The smallest absolute Gasteiger partial charge is 0.224 e. The first-order valence-electron chi connectivity index (χ1n) is 10.2. The van der Waals surface area contributed by atoms with Gasteiger partial charge in [-0.25, -0.2) is 9.97 Å². The van der Waals surface area contributed by atoms with Gasteiger partial charge in [0.2, 0.25) is 5.91 Å². The summed E-state index contributed by atoms with van der Waals surface area (Å²) in [6.07, 6.45) is 3.41. The van der Waals surface area contributed by atoms with Crippen LogP contribution in [0.5, 0.6) is 5.75 Å². The summed E-state index contributed by atoms with van der Waals surface area (Å²) in [6.45, 7) is 6.51. The molecular formula is C24H28N4O2. The van der Waals surface area contributed by atoms with E-state index in [4.69, 9.17) is 4.74 Å². The van der Waals surface area contributed by atoms with E-state index in [1.54, 1.807) is 0 Å². The molecule has 0 radical (unpaired) electrons. The molecule has 2 aromatic carbocycles. The molecule has 0 saturated carbocycles. The number of rotatable bonds is 9. The molecule has 3 rings (SSSR count). The van der Waals surface area contributed by atoms with Crippen LogP contribution in [0.4, 0.5) is 17.2 Å². The Morgan fingerprint density at radius 3 is 2.67 bits per heavy atom. The minimum atomic E-state index is -0.0203. The lowest BCUT2D eigenvalue weighted by molar-refractivity contribution is -0.116. The van der Waals surface area contributed by atoms with Crippen LogP contribution in [-0.2, 0) is 11.2 Å². The number of nitrogens with zero attached hydrogens (tertiary/aromatic N) is 2. The minimum absolute atomic E-state index is 0.0203. The highest BCUT2D eigenvalue weighted by Crippen LogP contribution is 2.24. The predicted molar refractivity (Wildman–Crippen MR) is 120 cm³/mol. The van der Waals surface area contributed by atoms with E-state index in [0.29, 0.717) is 19.4 Å². The largest absolute Gasteiger partial charge is 0.493 e. The highest BCUT2D eigenvalue weighted by atomic mass is 16.5. The third kappa shape index (κ3) is 6.04. The van der Waals surface area contributed by atoms with Crippen LogP contribution in [0.15, 0.2) is 54.9 Å². The van der Waals surface area contributed by atoms with Gasteiger partial charge in [-0.15, -0.1) is 0 Å². The maximum Gasteiger partial charge on any atom is 0.224 e. The van der Waals surface area contributed by atoms with E-state index < -0.39 is 0 Å². The number of amides is 1. The lowest BCUT2D eigenvalue weighted by atomic mass is 10.1. The standard InChI is InChI=1S/C24H28N4O2/c1-4-19-11-12-20(27-23-14-18(3)25-16-26-23)15-21(19)28-24(29)10-7-13-30-22-9-6-5-8-17(22)2/h5-6,8-9,11-12,14-16H,4,7,10,13H2,1-3H3,(H,28,29)(H,25,26,27). The average Bonchev–Trinajstić information content (AvgIpc) is 2.73. The van der Waals surface area contributed by atoms with Crippen LogP contribution in [0.3, 0.4) is 0 Å². The SMILES string of the molecule is CCc1ccc(Nc2cc(C)ncn2)cc1NC(=O)CCCOc1ccccc1C. The quantitative estimate of drug-likeness (QED) is 0.480. The van der Waals surface area contributed by atoms with Gasteiger partial charge in [0.25, 0.3) is 0 Å². The van der Waals surface area contributed by atoms with Crippen molar-refractivity contribution in [3.63, 3.8) is 0 Å². The maximum atomic E-state index is 12.5. The molecule has 0 fully saturated rings. The summed E-state index contributed by atoms with van der Waals surface area (Å²) < 4.78 is 5.78. The van der Waals surface area contributed by atoms with Crippen LogP contribution < -0.4 is 15.4 Å². The normalized spacial score (nSPS) is 10.5. The third-order valence-corrected chi connectivity index (χ3v) is 4.74. The first-order chi connectivity index (χ1) is 14.5. The van der Waals surface area contributed by atoms with Gasteiger partial charge >= 0.3 is 0 Å². The van der Waals surface area contributed by atoms with Gasteiger partial charge < -0.3 is 15.4 Å². The highest BCUT2D eigenvalue weighted by Gasteiger charge is 2.09. The fourth-order valence-electron chi connectivity index (χ4n) is 3.10. The van der Waals surface area contributed by atoms with Gasteiger partial charge in [0, 0.05) is 29.6 Å². The van der Waals surface area contributed by atoms with Crippen molar-refractivity contribution in [2.45, 2.75) is 40.0 Å². The van der Waals surface area contributed by atoms with Crippen LogP contribution in [0, 0.1) is 13.8 Å². The lowest BCUT2D eigenvalue weighted by Crippen LogP contribution is -2.14. The van der Waals surface area contributed by atoms with E-state index in [9.17, 15) is 4.79 Å². The molecule has 156 valence electrons. The molecule has 0 aliphatic carbocycles. The van der Waals surface area contributed by atoms with Gasteiger partial charge in [0.1, 0.15) is 17.9 Å². The van der Waals surface area contributed by atoms with Gasteiger partial charge in [0.05, 0.1) is 6.61 Å². The van der Waals surface area contributed by atoms with Crippen LogP contribution in [0.1, 0.15) is 36.6 Å². The summed E-state index contributed by atoms with van der Waals surface area (Å²) in [7, 11) is 0. The van der Waals surface area contributed by atoms with Crippen molar-refractivity contribution in [1.82, 2.24) is 9.97 Å². The van der Waals surface area contributed by atoms with Gasteiger partial charge in [-0.3, -0.25) is 4.79 Å². The molecule has 6 nitrogen and oxygen atoms in total. The summed E-state index contributed by atoms with van der Waals surface area (Å²) in [4.78, 5) is 20.8. The Morgan fingerprint density at radius 2 is 1.90 bits per heavy atom. The van der Waals surface area contributed by atoms with Crippen LogP contribution in [0.2, 0.25) is 0 Å². The van der Waals surface area contributed by atoms with Crippen molar-refractivity contribution in [2.75, 3.05) is 17.2 Å². The Morgan fingerprint density at radius 1 is 1.07 bits per heavy atom. The highest BCUT2D eigenvalue weighted by molar-refractivity contribution is 5.92. The fraction of sp³-hybridized carbons (Fsp3) is 0.292. The van der Waals surface area contributed by atoms with Crippen molar-refractivity contribution in [3.8, 4) is 5.75 Å². The minimum Gasteiger partial charge on any atom is -0.493 e. The number of anilines is 3. The molecule has 0 spiro atoms. The first kappa shape index (κ1) is 21.3. The lowest BCUT2D eigenvalue weighted by Gasteiger charge is -2.13. The van der Waals surface area contributed by atoms with Crippen molar-refractivity contribution in [3.05, 3.63) is 71.7 Å². The molecule has 6 heteroatoms. The van der Waals surface area contributed by atoms with Crippen molar-refractivity contribution >= 4 is 23.1 Å². The molecule has 0 aliphatic heterocycles. The van der Waals surface area contributed by atoms with E-state index in [1.165, 1.54) is 6.33 Å². The molecule has 30 heavy (non-hydrogen) atoms. The number of aromatic nitrogens is 2. The van der Waals surface area contributed by atoms with Gasteiger partial charge in [-0.1, -0.05) is 31.2 Å². The summed E-state index contributed by atoms with van der Waals surface area (Å²) in [6, 6.07) is 15.7. The Labute approximate surface area is 177 Å². The van der Waals surface area contributed by atoms with E-state index in [0.717, 1.165) is 46.2 Å². The number of ether oxygens (including phenoxy) is 1. The van der Waals surface area contributed by atoms with E-state index in [-0.39, 0.29) is 5.91 Å². The van der Waals surface area contributed by atoms with Crippen molar-refractivity contribution in [1.29, 1.82) is 0 Å². The second kappa shape index (κ2) is 10.4. The Kier molecular flexibility index (Phi) is 7.38. The Bertz CT molecular complexity index is 1000. The molecular weight excluding hydrogens is 376 g/mol. The molecule has 0 unspecified atom stereocenters. The van der Waals surface area contributed by atoms with Crippen LogP contribution in [0.25, 0.3) is 0 Å². The summed E-state index contributed by atoms with van der Waals surface area (Å²) in [5.41, 5.74) is 4.75. The van der Waals surface area contributed by atoms with E-state index in [1.807, 2.05) is 62.4 Å². The molecule has 1 amide bonds. The molecule has 0 saturated heterocycles. The summed E-state index contributed by atoms with van der Waals surface area (Å²) >= 11 is 0. The molecule has 0 atom stereocenters. The second-order valence-electron chi connectivity index (χ2n) is 7.16. The molecule has 0 aliphatic rings. The Balaban J connectivity index is 1.56.